The Morgan fingerprint density at radius 1 is 1.09 bits per heavy atom. The maximum absolute atomic E-state index is 13.1. The van der Waals surface area contributed by atoms with Crippen LogP contribution in [0.3, 0.4) is 0 Å². The zero-order valence-corrected chi connectivity index (χ0v) is 12.7. The fraction of sp³-hybridized carbons (Fsp3) is 0.143. The van der Waals surface area contributed by atoms with Crippen molar-refractivity contribution in [3.8, 4) is 0 Å². The second-order valence-electron chi connectivity index (χ2n) is 4.51. The first kappa shape index (κ1) is 16.8. The molecular formula is C14H12ClF2NO3S. The Morgan fingerprint density at radius 3 is 2.14 bits per heavy atom. The summed E-state index contributed by atoms with van der Waals surface area (Å²) in [6, 6.07) is 7.15. The summed E-state index contributed by atoms with van der Waals surface area (Å²) in [5.74, 6) is -2.01. The Kier molecular flexibility index (Phi) is 5.12. The molecule has 2 aromatic carbocycles. The zero-order valence-electron chi connectivity index (χ0n) is 11.1. The molecule has 2 aromatic rings. The van der Waals surface area contributed by atoms with E-state index in [0.29, 0.717) is 28.8 Å². The first-order valence-corrected chi connectivity index (χ1v) is 8.02. The van der Waals surface area contributed by atoms with Crippen molar-refractivity contribution in [2.45, 2.75) is 10.9 Å². The molecule has 1 unspecified atom stereocenters. The average Bonchev–Trinajstić information content (AvgIpc) is 2.45. The smallest absolute Gasteiger partial charge is 0.241 e. The third-order valence-electron chi connectivity index (χ3n) is 2.90. The van der Waals surface area contributed by atoms with Gasteiger partial charge >= 0.3 is 0 Å². The fourth-order valence-corrected chi connectivity index (χ4v) is 3.23. The summed E-state index contributed by atoms with van der Waals surface area (Å²) in [6.07, 6.45) is 0. The minimum atomic E-state index is -4.20. The van der Waals surface area contributed by atoms with Crippen LogP contribution in [0.2, 0.25) is 5.02 Å². The highest BCUT2D eigenvalue weighted by Crippen LogP contribution is 2.20. The third kappa shape index (κ3) is 4.01. The molecule has 0 fully saturated rings. The number of hydrogen-bond acceptors (Lipinski definition) is 3. The first-order valence-electron chi connectivity index (χ1n) is 6.16. The van der Waals surface area contributed by atoms with Gasteiger partial charge in [0, 0.05) is 11.1 Å². The lowest BCUT2D eigenvalue weighted by molar-refractivity contribution is 0.259. The summed E-state index contributed by atoms with van der Waals surface area (Å²) in [5, 5.41) is 9.81. The van der Waals surface area contributed by atoms with Crippen molar-refractivity contribution in [1.29, 1.82) is 0 Å². The molecule has 0 aliphatic rings. The van der Waals surface area contributed by atoms with Crippen LogP contribution in [-0.4, -0.2) is 20.1 Å². The van der Waals surface area contributed by atoms with E-state index in [-0.39, 0.29) is 0 Å². The maximum Gasteiger partial charge on any atom is 0.241 e. The Balaban J connectivity index is 2.31. The summed E-state index contributed by atoms with van der Waals surface area (Å²) in [4.78, 5) is -0.558. The molecular weight excluding hydrogens is 336 g/mol. The van der Waals surface area contributed by atoms with Gasteiger partial charge < -0.3 is 5.11 Å². The van der Waals surface area contributed by atoms with Gasteiger partial charge in [0.1, 0.15) is 11.6 Å². The number of sulfonamides is 1. The fourth-order valence-electron chi connectivity index (χ4n) is 1.84. The first-order chi connectivity index (χ1) is 10.3. The van der Waals surface area contributed by atoms with Gasteiger partial charge in [-0.3, -0.25) is 0 Å². The van der Waals surface area contributed by atoms with E-state index in [2.05, 4.69) is 4.72 Å². The molecule has 118 valence electrons. The summed E-state index contributed by atoms with van der Waals surface area (Å²) in [6.45, 7) is -0.529. The van der Waals surface area contributed by atoms with E-state index in [0.717, 1.165) is 0 Å². The summed E-state index contributed by atoms with van der Waals surface area (Å²) >= 11 is 5.74. The monoisotopic (exact) mass is 347 g/mol. The van der Waals surface area contributed by atoms with Gasteiger partial charge in [-0.1, -0.05) is 23.7 Å². The SMILES string of the molecule is O=S(=O)(NC(CO)c1ccc(Cl)cc1)c1cc(F)cc(F)c1. The molecule has 8 heteroatoms. The molecule has 22 heavy (non-hydrogen) atoms. The molecule has 4 nitrogen and oxygen atoms in total. The lowest BCUT2D eigenvalue weighted by atomic mass is 10.1. The molecule has 1 atom stereocenters. The van der Waals surface area contributed by atoms with Crippen molar-refractivity contribution in [3.05, 3.63) is 64.7 Å². The van der Waals surface area contributed by atoms with Crippen LogP contribution in [0, 0.1) is 11.6 Å². The zero-order chi connectivity index (χ0) is 16.3. The Morgan fingerprint density at radius 2 is 1.64 bits per heavy atom. The lowest BCUT2D eigenvalue weighted by Crippen LogP contribution is -2.31. The number of hydrogen-bond donors (Lipinski definition) is 2. The van der Waals surface area contributed by atoms with Crippen molar-refractivity contribution in [3.63, 3.8) is 0 Å². The molecule has 0 spiro atoms. The highest BCUT2D eigenvalue weighted by Gasteiger charge is 2.22. The van der Waals surface area contributed by atoms with Gasteiger partial charge in [0.2, 0.25) is 10.0 Å². The third-order valence-corrected chi connectivity index (χ3v) is 4.60. The molecule has 0 amide bonds. The second-order valence-corrected chi connectivity index (χ2v) is 6.66. The normalized spacial score (nSPS) is 13.1. The molecule has 0 bridgehead atoms. The van der Waals surface area contributed by atoms with Crippen molar-refractivity contribution in [2.24, 2.45) is 0 Å². The largest absolute Gasteiger partial charge is 0.394 e. The van der Waals surface area contributed by atoms with Crippen molar-refractivity contribution >= 4 is 21.6 Å². The molecule has 2 rings (SSSR count). The Labute approximate surface area is 131 Å². The van der Waals surface area contributed by atoms with Crippen LogP contribution in [0.4, 0.5) is 8.78 Å². The molecule has 0 radical (unpaired) electrons. The minimum absolute atomic E-state index is 0.454. The quantitative estimate of drug-likeness (QED) is 0.873. The van der Waals surface area contributed by atoms with Crippen LogP contribution >= 0.6 is 11.6 Å². The molecule has 0 heterocycles. The van der Waals surface area contributed by atoms with Gasteiger partial charge in [0.25, 0.3) is 0 Å². The molecule has 0 saturated carbocycles. The molecule has 0 aliphatic carbocycles. The van der Waals surface area contributed by atoms with Crippen LogP contribution in [0.5, 0.6) is 0 Å². The standard InChI is InChI=1S/C14H12ClF2NO3S/c15-10-3-1-9(2-4-10)14(8-19)18-22(20,21)13-6-11(16)5-12(17)7-13/h1-7,14,18-19H,8H2. The molecule has 2 N–H and O–H groups in total. The van der Waals surface area contributed by atoms with Crippen molar-refractivity contribution in [2.75, 3.05) is 6.61 Å². The lowest BCUT2D eigenvalue weighted by Gasteiger charge is -2.17. The van der Waals surface area contributed by atoms with Gasteiger partial charge in [-0.2, -0.15) is 0 Å². The number of halogens is 3. The second kappa shape index (κ2) is 6.70. The summed E-state index contributed by atoms with van der Waals surface area (Å²) < 4.78 is 52.8. The molecule has 0 aliphatic heterocycles. The van der Waals surface area contributed by atoms with E-state index >= 15 is 0 Å². The average molecular weight is 348 g/mol. The molecule has 0 saturated heterocycles. The van der Waals surface area contributed by atoms with E-state index in [9.17, 15) is 22.3 Å². The Bertz CT molecular complexity index is 746. The van der Waals surface area contributed by atoms with Gasteiger partial charge in [0.15, 0.2) is 0 Å². The van der Waals surface area contributed by atoms with Crippen LogP contribution in [0.1, 0.15) is 11.6 Å². The van der Waals surface area contributed by atoms with Crippen LogP contribution < -0.4 is 4.72 Å². The highest BCUT2D eigenvalue weighted by atomic mass is 35.5. The van der Waals surface area contributed by atoms with E-state index in [4.69, 9.17) is 11.6 Å². The summed E-state index contributed by atoms with van der Waals surface area (Å²) in [5.41, 5.74) is 0.465. The summed E-state index contributed by atoms with van der Waals surface area (Å²) in [7, 11) is -4.20. The van der Waals surface area contributed by atoms with Gasteiger partial charge in [-0.05, 0) is 29.8 Å². The van der Waals surface area contributed by atoms with E-state index in [1.807, 2.05) is 0 Å². The Hall–Kier alpha value is -1.54. The number of rotatable bonds is 5. The minimum Gasteiger partial charge on any atom is -0.394 e. The van der Waals surface area contributed by atoms with Gasteiger partial charge in [-0.15, -0.1) is 0 Å². The van der Waals surface area contributed by atoms with Crippen LogP contribution in [0.25, 0.3) is 0 Å². The van der Waals surface area contributed by atoms with Crippen LogP contribution in [-0.2, 0) is 10.0 Å². The predicted octanol–water partition coefficient (Wildman–Crippen LogP) is 2.63. The van der Waals surface area contributed by atoms with Gasteiger partial charge in [-0.25, -0.2) is 21.9 Å². The van der Waals surface area contributed by atoms with Crippen molar-refractivity contribution in [1.82, 2.24) is 4.72 Å². The number of nitrogens with one attached hydrogen (secondary N) is 1. The number of benzene rings is 2. The van der Waals surface area contributed by atoms with E-state index in [1.165, 1.54) is 24.3 Å². The van der Waals surface area contributed by atoms with E-state index in [1.54, 1.807) is 0 Å². The predicted molar refractivity (Wildman–Crippen MR) is 78.0 cm³/mol. The van der Waals surface area contributed by atoms with Gasteiger partial charge in [0.05, 0.1) is 17.5 Å². The van der Waals surface area contributed by atoms with Crippen LogP contribution in [0.15, 0.2) is 47.4 Å². The van der Waals surface area contributed by atoms with Crippen molar-refractivity contribution < 1.29 is 22.3 Å². The molecule has 0 aromatic heterocycles. The number of aliphatic hydroxyl groups excluding tert-OH is 1. The van der Waals surface area contributed by atoms with E-state index < -0.39 is 39.2 Å². The maximum atomic E-state index is 13.1. The highest BCUT2D eigenvalue weighted by molar-refractivity contribution is 7.89. The number of aliphatic hydroxyl groups is 1. The topological polar surface area (TPSA) is 66.4 Å².